The maximum Gasteiger partial charge on any atom is 0.170 e. The zero-order valence-corrected chi connectivity index (χ0v) is 5.53. The second kappa shape index (κ2) is 2.91. The van der Waals surface area contributed by atoms with Crippen LogP contribution in [0, 0.1) is 0 Å². The van der Waals surface area contributed by atoms with Crippen molar-refractivity contribution in [2.75, 3.05) is 12.4 Å². The van der Waals surface area contributed by atoms with Gasteiger partial charge < -0.3 is 5.32 Å². The average Bonchev–Trinajstić information content (AvgIpc) is 2.05. The summed E-state index contributed by atoms with van der Waals surface area (Å²) in [6.07, 6.45) is 3.58. The quantitative estimate of drug-likeness (QED) is 0.597. The molecule has 1 aromatic heterocycles. The topological polar surface area (TPSA) is 54.9 Å². The fourth-order valence-electron chi connectivity index (χ4n) is 0.528. The van der Waals surface area contributed by atoms with Gasteiger partial charge in [-0.15, -0.1) is 0 Å². The fourth-order valence-corrected chi connectivity index (χ4v) is 0.528. The molecular formula is C6H7N3O. The van der Waals surface area contributed by atoms with E-state index in [9.17, 15) is 4.79 Å². The molecule has 4 heteroatoms. The average molecular weight is 137 g/mol. The minimum absolute atomic E-state index is 0.346. The first kappa shape index (κ1) is 6.67. The molecule has 4 nitrogen and oxygen atoms in total. The number of carbonyl (C=O) groups excluding carboxylic acids is 1. The Kier molecular flexibility index (Phi) is 1.94. The van der Waals surface area contributed by atoms with E-state index in [1.807, 2.05) is 0 Å². The monoisotopic (exact) mass is 137 g/mol. The van der Waals surface area contributed by atoms with Crippen molar-refractivity contribution < 1.29 is 4.79 Å². The van der Waals surface area contributed by atoms with Gasteiger partial charge in [-0.3, -0.25) is 4.79 Å². The normalized spacial score (nSPS) is 8.90. The van der Waals surface area contributed by atoms with E-state index in [-0.39, 0.29) is 0 Å². The van der Waals surface area contributed by atoms with Crippen molar-refractivity contribution in [3.63, 3.8) is 0 Å². The van der Waals surface area contributed by atoms with Gasteiger partial charge in [0.2, 0.25) is 0 Å². The molecule has 0 fully saturated rings. The van der Waals surface area contributed by atoms with Gasteiger partial charge >= 0.3 is 0 Å². The van der Waals surface area contributed by atoms with Crippen LogP contribution < -0.4 is 5.32 Å². The molecule has 0 spiro atoms. The van der Waals surface area contributed by atoms with Crippen LogP contribution >= 0.6 is 0 Å². The maximum atomic E-state index is 10.1. The molecule has 0 unspecified atom stereocenters. The van der Waals surface area contributed by atoms with Crippen LogP contribution in [0.4, 0.5) is 5.82 Å². The van der Waals surface area contributed by atoms with Gasteiger partial charge in [0.15, 0.2) is 6.29 Å². The van der Waals surface area contributed by atoms with Crippen LogP contribution in [0.25, 0.3) is 0 Å². The third kappa shape index (κ3) is 1.28. The molecule has 0 aliphatic carbocycles. The standard InChI is InChI=1S/C6H7N3O/c1-7-6-3-8-5(4-10)2-9-6/h2-4H,1H3,(H,7,9). The summed E-state index contributed by atoms with van der Waals surface area (Å²) in [5.41, 5.74) is 0.346. The fraction of sp³-hybridized carbons (Fsp3) is 0.167. The third-order valence-corrected chi connectivity index (χ3v) is 1.05. The van der Waals surface area contributed by atoms with Gasteiger partial charge in [-0.2, -0.15) is 0 Å². The first-order valence-electron chi connectivity index (χ1n) is 2.82. The molecule has 1 N–H and O–H groups in total. The van der Waals surface area contributed by atoms with Gasteiger partial charge in [0.1, 0.15) is 11.5 Å². The molecule has 0 saturated carbocycles. The summed E-state index contributed by atoms with van der Waals surface area (Å²) in [7, 11) is 1.74. The number of hydrogen-bond donors (Lipinski definition) is 1. The predicted octanol–water partition coefficient (Wildman–Crippen LogP) is 0.331. The summed E-state index contributed by atoms with van der Waals surface area (Å²) in [5.74, 6) is 0.658. The summed E-state index contributed by atoms with van der Waals surface area (Å²) < 4.78 is 0. The van der Waals surface area contributed by atoms with Crippen molar-refractivity contribution in [3.05, 3.63) is 18.1 Å². The van der Waals surface area contributed by atoms with Crippen molar-refractivity contribution in [2.24, 2.45) is 0 Å². The highest BCUT2D eigenvalue weighted by molar-refractivity contribution is 5.71. The molecule has 0 radical (unpaired) electrons. The summed E-state index contributed by atoms with van der Waals surface area (Å²) in [5, 5.41) is 2.79. The Balaban J connectivity index is 2.90. The number of aldehydes is 1. The third-order valence-electron chi connectivity index (χ3n) is 1.05. The highest BCUT2D eigenvalue weighted by Crippen LogP contribution is 1.96. The smallest absolute Gasteiger partial charge is 0.170 e. The minimum Gasteiger partial charge on any atom is -0.372 e. The molecule has 0 atom stereocenters. The number of aromatic nitrogens is 2. The number of nitrogens with zero attached hydrogens (tertiary/aromatic N) is 2. The van der Waals surface area contributed by atoms with Gasteiger partial charge in [0, 0.05) is 7.05 Å². The molecule has 0 amide bonds. The van der Waals surface area contributed by atoms with Crippen LogP contribution in [-0.4, -0.2) is 23.3 Å². The van der Waals surface area contributed by atoms with Crippen LogP contribution in [0.2, 0.25) is 0 Å². The van der Waals surface area contributed by atoms with Crippen LogP contribution in [0.3, 0.4) is 0 Å². The van der Waals surface area contributed by atoms with Crippen LogP contribution in [-0.2, 0) is 0 Å². The lowest BCUT2D eigenvalue weighted by molar-refractivity contribution is 0.111. The zero-order valence-electron chi connectivity index (χ0n) is 5.53. The van der Waals surface area contributed by atoms with Gasteiger partial charge in [-0.25, -0.2) is 9.97 Å². The van der Waals surface area contributed by atoms with Gasteiger partial charge in [-0.1, -0.05) is 0 Å². The number of carbonyl (C=O) groups is 1. The van der Waals surface area contributed by atoms with E-state index in [1.165, 1.54) is 12.4 Å². The second-order valence-corrected chi connectivity index (χ2v) is 1.69. The van der Waals surface area contributed by atoms with Gasteiger partial charge in [0.05, 0.1) is 12.4 Å². The van der Waals surface area contributed by atoms with Crippen molar-refractivity contribution in [1.82, 2.24) is 9.97 Å². The van der Waals surface area contributed by atoms with E-state index in [2.05, 4.69) is 15.3 Å². The van der Waals surface area contributed by atoms with Crippen molar-refractivity contribution >= 4 is 12.1 Å². The summed E-state index contributed by atoms with van der Waals surface area (Å²) >= 11 is 0. The Morgan fingerprint density at radius 3 is 2.70 bits per heavy atom. The Morgan fingerprint density at radius 2 is 2.30 bits per heavy atom. The van der Waals surface area contributed by atoms with Crippen molar-refractivity contribution in [3.8, 4) is 0 Å². The molecule has 0 bridgehead atoms. The summed E-state index contributed by atoms with van der Waals surface area (Å²) in [6.45, 7) is 0. The number of hydrogen-bond acceptors (Lipinski definition) is 4. The van der Waals surface area contributed by atoms with Gasteiger partial charge in [0.25, 0.3) is 0 Å². The molecule has 1 heterocycles. The van der Waals surface area contributed by atoms with E-state index >= 15 is 0 Å². The van der Waals surface area contributed by atoms with E-state index < -0.39 is 0 Å². The largest absolute Gasteiger partial charge is 0.372 e. The van der Waals surface area contributed by atoms with Crippen LogP contribution in [0.15, 0.2) is 12.4 Å². The zero-order chi connectivity index (χ0) is 7.40. The highest BCUT2D eigenvalue weighted by atomic mass is 16.1. The second-order valence-electron chi connectivity index (χ2n) is 1.69. The molecular weight excluding hydrogens is 130 g/mol. The minimum atomic E-state index is 0.346. The van der Waals surface area contributed by atoms with Crippen molar-refractivity contribution in [1.29, 1.82) is 0 Å². The molecule has 0 saturated heterocycles. The lowest BCUT2D eigenvalue weighted by atomic mass is 10.5. The predicted molar refractivity (Wildman–Crippen MR) is 37.0 cm³/mol. The lowest BCUT2D eigenvalue weighted by Gasteiger charge is -1.94. The maximum absolute atomic E-state index is 10.1. The molecule has 10 heavy (non-hydrogen) atoms. The Morgan fingerprint density at radius 1 is 1.50 bits per heavy atom. The molecule has 1 rings (SSSR count). The van der Waals surface area contributed by atoms with E-state index in [4.69, 9.17) is 0 Å². The molecule has 0 aliphatic heterocycles. The number of nitrogens with one attached hydrogen (secondary N) is 1. The van der Waals surface area contributed by atoms with E-state index in [0.29, 0.717) is 17.8 Å². The Bertz CT molecular complexity index is 219. The van der Waals surface area contributed by atoms with Gasteiger partial charge in [-0.05, 0) is 0 Å². The summed E-state index contributed by atoms with van der Waals surface area (Å²) in [4.78, 5) is 17.7. The Labute approximate surface area is 58.3 Å². The van der Waals surface area contributed by atoms with E-state index in [0.717, 1.165) is 0 Å². The first-order valence-corrected chi connectivity index (χ1v) is 2.82. The Hall–Kier alpha value is -1.45. The molecule has 1 aromatic rings. The molecule has 52 valence electrons. The van der Waals surface area contributed by atoms with E-state index in [1.54, 1.807) is 7.05 Å². The molecule has 0 aliphatic rings. The first-order chi connectivity index (χ1) is 4.86. The van der Waals surface area contributed by atoms with Crippen LogP contribution in [0.1, 0.15) is 10.5 Å². The number of rotatable bonds is 2. The SMILES string of the molecule is CNc1cnc(C=O)cn1. The summed E-state index contributed by atoms with van der Waals surface area (Å²) in [6, 6.07) is 0. The van der Waals surface area contributed by atoms with Crippen molar-refractivity contribution in [2.45, 2.75) is 0 Å². The lowest BCUT2D eigenvalue weighted by Crippen LogP contribution is -1.94. The van der Waals surface area contributed by atoms with Crippen LogP contribution in [0.5, 0.6) is 0 Å². The highest BCUT2D eigenvalue weighted by Gasteiger charge is 1.91. The molecule has 0 aromatic carbocycles. The number of anilines is 1.